The molecule has 0 aromatic rings. The van der Waals surface area contributed by atoms with Crippen LogP contribution >= 0.6 is 0 Å². The molecule has 0 saturated heterocycles. The minimum Gasteiger partial charge on any atom is -0.369 e. The van der Waals surface area contributed by atoms with Crippen LogP contribution in [0.2, 0.25) is 0 Å². The Morgan fingerprint density at radius 1 is 0.815 bits per heavy atom. The summed E-state index contributed by atoms with van der Waals surface area (Å²) in [6.45, 7) is 10.5. The first-order valence-electron chi connectivity index (χ1n) is 9.83. The number of ether oxygens (including phenoxy) is 1. The summed E-state index contributed by atoms with van der Waals surface area (Å²) in [5.41, 5.74) is 0. The highest BCUT2D eigenvalue weighted by Crippen LogP contribution is 1.99. The molecule has 0 aromatic heterocycles. The van der Waals surface area contributed by atoms with E-state index in [0.717, 1.165) is 58.8 Å². The maximum absolute atomic E-state index is 11.6. The Labute approximate surface area is 165 Å². The van der Waals surface area contributed by atoms with Crippen molar-refractivity contribution in [1.29, 1.82) is 0 Å². The summed E-state index contributed by atoms with van der Waals surface area (Å²) in [5.74, 6) is 2.30. The molecule has 0 spiro atoms. The first kappa shape index (κ1) is 26.3. The van der Waals surface area contributed by atoms with Crippen molar-refractivity contribution >= 4 is 10.1 Å². The Balaban J connectivity index is 3.27. The van der Waals surface area contributed by atoms with E-state index in [1.807, 2.05) is 0 Å². The standard InChI is InChI=1S/C18H38N4O4S/c1-3-15-25-16-7-18-27(23,24)26-17-6-5-8-20-11-12-22-14-13-21-10-9-19-4-2/h1,19-22H,4-18H2,2H3. The maximum atomic E-state index is 11.6. The van der Waals surface area contributed by atoms with Crippen molar-refractivity contribution in [2.75, 3.05) is 77.9 Å². The Morgan fingerprint density at radius 2 is 1.41 bits per heavy atom. The zero-order valence-electron chi connectivity index (χ0n) is 16.7. The zero-order chi connectivity index (χ0) is 20.1. The van der Waals surface area contributed by atoms with Gasteiger partial charge in [-0.05, 0) is 32.4 Å². The lowest BCUT2D eigenvalue weighted by Crippen LogP contribution is -2.35. The van der Waals surface area contributed by atoms with Gasteiger partial charge < -0.3 is 26.0 Å². The number of rotatable bonds is 21. The average Bonchev–Trinajstić information content (AvgIpc) is 2.64. The van der Waals surface area contributed by atoms with Gasteiger partial charge in [-0.3, -0.25) is 4.18 Å². The van der Waals surface area contributed by atoms with E-state index in [9.17, 15) is 8.42 Å². The molecule has 160 valence electrons. The van der Waals surface area contributed by atoms with Crippen LogP contribution in [0.5, 0.6) is 0 Å². The maximum Gasteiger partial charge on any atom is 0.267 e. The predicted octanol–water partition coefficient (Wildman–Crippen LogP) is -0.469. The average molecular weight is 407 g/mol. The van der Waals surface area contributed by atoms with Gasteiger partial charge in [-0.15, -0.1) is 6.42 Å². The molecule has 0 unspecified atom stereocenters. The molecule has 0 atom stereocenters. The van der Waals surface area contributed by atoms with E-state index in [0.29, 0.717) is 19.4 Å². The van der Waals surface area contributed by atoms with Gasteiger partial charge in [0.15, 0.2) is 0 Å². The molecule has 27 heavy (non-hydrogen) atoms. The van der Waals surface area contributed by atoms with E-state index >= 15 is 0 Å². The van der Waals surface area contributed by atoms with Crippen molar-refractivity contribution in [2.45, 2.75) is 26.2 Å². The minimum absolute atomic E-state index is 0.0362. The number of hydrogen-bond acceptors (Lipinski definition) is 8. The van der Waals surface area contributed by atoms with E-state index in [2.05, 4.69) is 34.1 Å². The monoisotopic (exact) mass is 406 g/mol. The van der Waals surface area contributed by atoms with Gasteiger partial charge in [-0.1, -0.05) is 12.8 Å². The number of terminal acetylenes is 1. The molecule has 0 fully saturated rings. The molecule has 0 saturated carbocycles. The molecule has 0 amide bonds. The predicted molar refractivity (Wildman–Crippen MR) is 110 cm³/mol. The molecule has 4 N–H and O–H groups in total. The third-order valence-electron chi connectivity index (χ3n) is 3.56. The van der Waals surface area contributed by atoms with Crippen molar-refractivity contribution in [1.82, 2.24) is 21.3 Å². The highest BCUT2D eigenvalue weighted by atomic mass is 32.2. The fourth-order valence-corrected chi connectivity index (χ4v) is 3.11. The van der Waals surface area contributed by atoms with Gasteiger partial charge in [-0.25, -0.2) is 0 Å². The van der Waals surface area contributed by atoms with Crippen LogP contribution in [0, 0.1) is 12.3 Å². The summed E-state index contributed by atoms with van der Waals surface area (Å²) in [7, 11) is -3.46. The quantitative estimate of drug-likeness (QED) is 0.115. The molecule has 0 heterocycles. The van der Waals surface area contributed by atoms with Gasteiger partial charge in [-0.2, -0.15) is 8.42 Å². The van der Waals surface area contributed by atoms with Crippen LogP contribution in [0.1, 0.15) is 26.2 Å². The molecule has 0 radical (unpaired) electrons. The Kier molecular flexibility index (Phi) is 19.5. The third-order valence-corrected chi connectivity index (χ3v) is 4.88. The summed E-state index contributed by atoms with van der Waals surface area (Å²) in [6.07, 6.45) is 7.02. The van der Waals surface area contributed by atoms with E-state index in [-0.39, 0.29) is 19.0 Å². The van der Waals surface area contributed by atoms with Gasteiger partial charge in [0.1, 0.15) is 6.61 Å². The van der Waals surface area contributed by atoms with Gasteiger partial charge >= 0.3 is 0 Å². The second-order valence-electron chi connectivity index (χ2n) is 6.00. The van der Waals surface area contributed by atoms with Crippen molar-refractivity contribution in [2.24, 2.45) is 0 Å². The Morgan fingerprint density at radius 3 is 2.00 bits per heavy atom. The smallest absolute Gasteiger partial charge is 0.267 e. The van der Waals surface area contributed by atoms with E-state index in [1.165, 1.54) is 0 Å². The van der Waals surface area contributed by atoms with Crippen LogP contribution < -0.4 is 21.3 Å². The SMILES string of the molecule is C#CCOCCCS(=O)(=O)OCCCCNCCNCCNCCNCC. The molecule has 0 aromatic carbocycles. The second kappa shape index (κ2) is 20.0. The normalized spacial score (nSPS) is 11.6. The van der Waals surface area contributed by atoms with E-state index < -0.39 is 10.1 Å². The minimum atomic E-state index is -3.46. The lowest BCUT2D eigenvalue weighted by atomic mass is 10.3. The lowest BCUT2D eigenvalue weighted by molar-refractivity contribution is 0.167. The molecule has 0 bridgehead atoms. The highest BCUT2D eigenvalue weighted by Gasteiger charge is 2.10. The fourth-order valence-electron chi connectivity index (χ4n) is 2.15. The summed E-state index contributed by atoms with van der Waals surface area (Å²) in [5, 5.41) is 13.3. The topological polar surface area (TPSA) is 101 Å². The first-order chi connectivity index (χ1) is 13.1. The van der Waals surface area contributed by atoms with Crippen molar-refractivity contribution in [3.63, 3.8) is 0 Å². The molecule has 0 aliphatic rings. The molecular formula is C18H38N4O4S. The number of nitrogens with one attached hydrogen (secondary N) is 4. The molecule has 8 nitrogen and oxygen atoms in total. The summed E-state index contributed by atoms with van der Waals surface area (Å²) < 4.78 is 33.3. The molecule has 0 aliphatic carbocycles. The van der Waals surface area contributed by atoms with Gasteiger partial charge in [0.05, 0.1) is 12.4 Å². The molecule has 9 heteroatoms. The lowest BCUT2D eigenvalue weighted by Gasteiger charge is -2.08. The molecule has 0 aliphatic heterocycles. The largest absolute Gasteiger partial charge is 0.369 e. The van der Waals surface area contributed by atoms with Crippen LogP contribution in [0.4, 0.5) is 0 Å². The first-order valence-corrected chi connectivity index (χ1v) is 11.4. The Bertz CT molecular complexity index is 455. The fraction of sp³-hybridized carbons (Fsp3) is 0.889. The van der Waals surface area contributed by atoms with Gasteiger partial charge in [0.25, 0.3) is 10.1 Å². The second-order valence-corrected chi connectivity index (χ2v) is 7.76. The number of hydrogen-bond donors (Lipinski definition) is 4. The van der Waals surface area contributed by atoms with Crippen LogP contribution in [0.3, 0.4) is 0 Å². The van der Waals surface area contributed by atoms with Crippen molar-refractivity contribution in [3.8, 4) is 12.3 Å². The highest BCUT2D eigenvalue weighted by molar-refractivity contribution is 7.86. The van der Waals surface area contributed by atoms with Crippen LogP contribution in [-0.4, -0.2) is 86.3 Å². The zero-order valence-corrected chi connectivity index (χ0v) is 17.5. The number of likely N-dealkylation sites (N-methyl/N-ethyl adjacent to an activating group) is 1. The van der Waals surface area contributed by atoms with Gasteiger partial charge in [0, 0.05) is 45.9 Å². The third kappa shape index (κ3) is 21.4. The molecule has 0 rings (SSSR count). The van der Waals surface area contributed by atoms with Crippen molar-refractivity contribution in [3.05, 3.63) is 0 Å². The number of unbranched alkanes of at least 4 members (excludes halogenated alkanes) is 1. The Hall–Kier alpha value is -0.730. The van der Waals surface area contributed by atoms with Crippen LogP contribution in [-0.2, 0) is 19.0 Å². The van der Waals surface area contributed by atoms with E-state index in [1.54, 1.807) is 0 Å². The van der Waals surface area contributed by atoms with Gasteiger partial charge in [0.2, 0.25) is 0 Å². The van der Waals surface area contributed by atoms with E-state index in [4.69, 9.17) is 15.3 Å². The van der Waals surface area contributed by atoms with Crippen molar-refractivity contribution < 1.29 is 17.3 Å². The van der Waals surface area contributed by atoms with Crippen LogP contribution in [0.15, 0.2) is 0 Å². The summed E-state index contributed by atoms with van der Waals surface area (Å²) in [6, 6.07) is 0. The van der Waals surface area contributed by atoms with Crippen LogP contribution in [0.25, 0.3) is 0 Å². The summed E-state index contributed by atoms with van der Waals surface area (Å²) in [4.78, 5) is 0. The summed E-state index contributed by atoms with van der Waals surface area (Å²) >= 11 is 0. The molecular weight excluding hydrogens is 368 g/mol.